The minimum Gasteiger partial charge on any atom is -0.480 e. The Morgan fingerprint density at radius 1 is 1.56 bits per heavy atom. The molecule has 5 heteroatoms. The summed E-state index contributed by atoms with van der Waals surface area (Å²) in [5, 5.41) is 12.6. The number of nitrogens with one attached hydrogen (secondary N) is 1. The molecule has 1 saturated heterocycles. The van der Waals surface area contributed by atoms with Gasteiger partial charge in [-0.15, -0.1) is 11.3 Å². The summed E-state index contributed by atoms with van der Waals surface area (Å²) in [5.74, 6) is -0.757. The first-order valence-electron chi connectivity index (χ1n) is 6.01. The molecule has 18 heavy (non-hydrogen) atoms. The van der Waals surface area contributed by atoms with Crippen LogP contribution in [0.4, 0.5) is 0 Å². The summed E-state index contributed by atoms with van der Waals surface area (Å²) in [6.07, 6.45) is 2.10. The lowest BCUT2D eigenvalue weighted by atomic mass is 9.89. The highest BCUT2D eigenvalue weighted by Gasteiger charge is 2.41. The summed E-state index contributed by atoms with van der Waals surface area (Å²) in [5.41, 5.74) is 2.96. The second-order valence-electron chi connectivity index (χ2n) is 4.71. The highest BCUT2D eigenvalue weighted by Crippen LogP contribution is 2.29. The maximum Gasteiger partial charge on any atom is 0.324 e. The number of carbonyl (C=O) groups is 1. The van der Waals surface area contributed by atoms with E-state index in [0.29, 0.717) is 12.8 Å². The van der Waals surface area contributed by atoms with Gasteiger partial charge in [0.2, 0.25) is 0 Å². The van der Waals surface area contributed by atoms with Crippen molar-refractivity contribution in [3.05, 3.63) is 29.3 Å². The van der Waals surface area contributed by atoms with Gasteiger partial charge in [0.1, 0.15) is 5.54 Å². The SMILES string of the molecule is O=C(O)C1(Cc2cccc3scnc23)CCCN1. The van der Waals surface area contributed by atoms with Crippen molar-refractivity contribution in [2.45, 2.75) is 24.8 Å². The van der Waals surface area contributed by atoms with Gasteiger partial charge in [-0.25, -0.2) is 4.98 Å². The topological polar surface area (TPSA) is 62.2 Å². The number of rotatable bonds is 3. The van der Waals surface area contributed by atoms with Crippen LogP contribution in [0.3, 0.4) is 0 Å². The first-order valence-corrected chi connectivity index (χ1v) is 6.89. The lowest BCUT2D eigenvalue weighted by Gasteiger charge is -2.24. The molecule has 1 atom stereocenters. The van der Waals surface area contributed by atoms with Gasteiger partial charge in [0, 0.05) is 6.42 Å². The van der Waals surface area contributed by atoms with Crippen molar-refractivity contribution >= 4 is 27.5 Å². The summed E-state index contributed by atoms with van der Waals surface area (Å²) in [6.45, 7) is 0.777. The van der Waals surface area contributed by atoms with E-state index in [-0.39, 0.29) is 0 Å². The summed E-state index contributed by atoms with van der Waals surface area (Å²) < 4.78 is 1.12. The molecule has 0 spiro atoms. The number of benzene rings is 1. The maximum absolute atomic E-state index is 11.5. The Bertz CT molecular complexity index is 587. The number of hydrogen-bond donors (Lipinski definition) is 2. The van der Waals surface area contributed by atoms with Gasteiger partial charge in [-0.2, -0.15) is 0 Å². The highest BCUT2D eigenvalue weighted by atomic mass is 32.1. The second-order valence-corrected chi connectivity index (χ2v) is 5.60. The minimum atomic E-state index is -0.808. The van der Waals surface area contributed by atoms with Crippen molar-refractivity contribution < 1.29 is 9.90 Å². The smallest absolute Gasteiger partial charge is 0.324 e. The van der Waals surface area contributed by atoms with E-state index in [4.69, 9.17) is 0 Å². The van der Waals surface area contributed by atoms with E-state index in [9.17, 15) is 9.90 Å². The van der Waals surface area contributed by atoms with Crippen molar-refractivity contribution in [3.8, 4) is 0 Å². The average Bonchev–Trinajstić information content (AvgIpc) is 2.98. The van der Waals surface area contributed by atoms with E-state index < -0.39 is 11.5 Å². The molecule has 2 N–H and O–H groups in total. The van der Waals surface area contributed by atoms with E-state index in [2.05, 4.69) is 10.3 Å². The number of para-hydroxylation sites is 1. The molecule has 0 bridgehead atoms. The van der Waals surface area contributed by atoms with E-state index in [1.165, 1.54) is 0 Å². The zero-order valence-corrected chi connectivity index (χ0v) is 10.7. The first kappa shape index (κ1) is 11.6. The number of carboxylic acid groups (broad SMARTS) is 1. The number of aliphatic carboxylic acids is 1. The van der Waals surface area contributed by atoms with Gasteiger partial charge in [0.25, 0.3) is 0 Å². The standard InChI is InChI=1S/C13H14N2O2S/c16-12(17)13(5-2-6-15-13)7-9-3-1-4-10-11(9)14-8-18-10/h1,3-4,8,15H,2,5-7H2,(H,16,17). The molecular formula is C13H14N2O2S. The third-order valence-corrected chi connectivity index (χ3v) is 4.38. The van der Waals surface area contributed by atoms with Crippen LogP contribution in [0.2, 0.25) is 0 Å². The molecule has 1 aromatic carbocycles. The van der Waals surface area contributed by atoms with E-state index >= 15 is 0 Å². The summed E-state index contributed by atoms with van der Waals surface area (Å²) in [4.78, 5) is 15.9. The lowest BCUT2D eigenvalue weighted by molar-refractivity contribution is -0.144. The van der Waals surface area contributed by atoms with Crippen LogP contribution in [-0.2, 0) is 11.2 Å². The third kappa shape index (κ3) is 1.79. The molecule has 1 unspecified atom stereocenters. The third-order valence-electron chi connectivity index (χ3n) is 3.59. The molecule has 0 saturated carbocycles. The molecule has 1 fully saturated rings. The Hall–Kier alpha value is -1.46. The Morgan fingerprint density at radius 3 is 3.17 bits per heavy atom. The van der Waals surface area contributed by atoms with Crippen molar-refractivity contribution in [3.63, 3.8) is 0 Å². The Balaban J connectivity index is 2.00. The number of nitrogens with zero attached hydrogens (tertiary/aromatic N) is 1. The van der Waals surface area contributed by atoms with Gasteiger partial charge >= 0.3 is 5.97 Å². The maximum atomic E-state index is 11.5. The van der Waals surface area contributed by atoms with Gasteiger partial charge in [-0.1, -0.05) is 12.1 Å². The molecule has 3 rings (SSSR count). The van der Waals surface area contributed by atoms with Gasteiger partial charge < -0.3 is 10.4 Å². The normalized spacial score (nSPS) is 23.6. The highest BCUT2D eigenvalue weighted by molar-refractivity contribution is 7.16. The Kier molecular flexibility index (Phi) is 2.80. The fourth-order valence-corrected chi connectivity index (χ4v) is 3.35. The van der Waals surface area contributed by atoms with Crippen LogP contribution in [0, 0.1) is 0 Å². The summed E-state index contributed by atoms with van der Waals surface area (Å²) >= 11 is 1.59. The van der Waals surface area contributed by atoms with Crippen LogP contribution >= 0.6 is 11.3 Å². The van der Waals surface area contributed by atoms with Crippen molar-refractivity contribution in [1.29, 1.82) is 0 Å². The van der Waals surface area contributed by atoms with Crippen molar-refractivity contribution in [2.75, 3.05) is 6.54 Å². The predicted octanol–water partition coefficient (Wildman–Crippen LogP) is 2.05. The van der Waals surface area contributed by atoms with E-state index in [0.717, 1.165) is 28.7 Å². The minimum absolute atomic E-state index is 0.503. The van der Waals surface area contributed by atoms with Crippen LogP contribution in [0.5, 0.6) is 0 Å². The number of aromatic nitrogens is 1. The fourth-order valence-electron chi connectivity index (χ4n) is 2.63. The molecule has 94 valence electrons. The summed E-state index contributed by atoms with van der Waals surface area (Å²) in [7, 11) is 0. The lowest BCUT2D eigenvalue weighted by Crippen LogP contribution is -2.49. The van der Waals surface area contributed by atoms with Gasteiger partial charge in [0.15, 0.2) is 0 Å². The molecular weight excluding hydrogens is 248 g/mol. The van der Waals surface area contributed by atoms with Crippen LogP contribution in [0.25, 0.3) is 10.2 Å². The van der Waals surface area contributed by atoms with Crippen LogP contribution in [0.1, 0.15) is 18.4 Å². The van der Waals surface area contributed by atoms with Crippen LogP contribution < -0.4 is 5.32 Å². The van der Waals surface area contributed by atoms with E-state index in [1.54, 1.807) is 11.3 Å². The zero-order valence-electron chi connectivity index (χ0n) is 9.85. The molecule has 1 aliphatic rings. The molecule has 0 radical (unpaired) electrons. The quantitative estimate of drug-likeness (QED) is 0.888. The molecule has 2 aromatic rings. The van der Waals surface area contributed by atoms with Crippen molar-refractivity contribution in [1.82, 2.24) is 10.3 Å². The fraction of sp³-hybridized carbons (Fsp3) is 0.385. The Morgan fingerprint density at radius 2 is 2.44 bits per heavy atom. The van der Waals surface area contributed by atoms with Gasteiger partial charge in [-0.3, -0.25) is 4.79 Å². The molecule has 1 aromatic heterocycles. The molecule has 0 amide bonds. The number of carboxylic acids is 1. The number of fused-ring (bicyclic) bond motifs is 1. The van der Waals surface area contributed by atoms with Crippen LogP contribution in [-0.4, -0.2) is 28.1 Å². The molecule has 4 nitrogen and oxygen atoms in total. The largest absolute Gasteiger partial charge is 0.480 e. The number of hydrogen-bond acceptors (Lipinski definition) is 4. The monoisotopic (exact) mass is 262 g/mol. The zero-order chi connectivity index (χ0) is 12.6. The average molecular weight is 262 g/mol. The summed E-state index contributed by atoms with van der Waals surface area (Å²) in [6, 6.07) is 5.97. The van der Waals surface area contributed by atoms with E-state index in [1.807, 2.05) is 23.7 Å². The van der Waals surface area contributed by atoms with Gasteiger partial charge in [0.05, 0.1) is 15.7 Å². The molecule has 0 aliphatic carbocycles. The first-order chi connectivity index (χ1) is 8.71. The van der Waals surface area contributed by atoms with Gasteiger partial charge in [-0.05, 0) is 31.0 Å². The van der Waals surface area contributed by atoms with Crippen LogP contribution in [0.15, 0.2) is 23.7 Å². The predicted molar refractivity (Wildman–Crippen MR) is 70.9 cm³/mol. The number of thiazole rings is 1. The Labute approximate surface area is 109 Å². The molecule has 1 aliphatic heterocycles. The second kappa shape index (κ2) is 4.33. The van der Waals surface area contributed by atoms with Crippen molar-refractivity contribution in [2.24, 2.45) is 0 Å². The molecule has 2 heterocycles.